The van der Waals surface area contributed by atoms with E-state index in [2.05, 4.69) is 26.2 Å². The number of aromatic nitrogens is 1. The van der Waals surface area contributed by atoms with Gasteiger partial charge in [0.05, 0.1) is 5.52 Å². The molecule has 0 saturated carbocycles. The van der Waals surface area contributed by atoms with Crippen LogP contribution in [-0.2, 0) is 10.2 Å². The Morgan fingerprint density at radius 2 is 1.58 bits per heavy atom. The van der Waals surface area contributed by atoms with Crippen molar-refractivity contribution >= 4 is 21.1 Å². The van der Waals surface area contributed by atoms with Crippen LogP contribution >= 0.6 is 0 Å². The molecule has 1 aromatic carbocycles. The van der Waals surface area contributed by atoms with E-state index in [9.17, 15) is 8.42 Å². The Bertz CT molecular complexity index is 671. The molecule has 0 spiro atoms. The van der Waals surface area contributed by atoms with E-state index in [4.69, 9.17) is 11.1 Å². The van der Waals surface area contributed by atoms with Gasteiger partial charge in [-0.15, -0.1) is 0 Å². The minimum Gasteiger partial charge on any atom is -0.256 e. The van der Waals surface area contributed by atoms with E-state index in [-0.39, 0.29) is 0 Å². The molecular formula is C9H7N7O2S. The smallest absolute Gasteiger partial charge is 0.256 e. The first-order chi connectivity index (χ1) is 9.09. The standard InChI is InChI=1S/C9H7N.N6O2S/c1-2-6-9-8(4-1)5-3-7-10-9;1-3-5-9(7,8)6-4-2/h1-7H;. The number of nitrogens with zero attached hydrogens (tertiary/aromatic N) is 7. The summed E-state index contributed by atoms with van der Waals surface area (Å²) >= 11 is 0. The van der Waals surface area contributed by atoms with Crippen molar-refractivity contribution in [2.45, 2.75) is 0 Å². The van der Waals surface area contributed by atoms with Crippen LogP contribution in [0.4, 0.5) is 0 Å². The normalized spacial score (nSPS) is 9.47. The van der Waals surface area contributed by atoms with E-state index in [0.717, 1.165) is 5.52 Å². The van der Waals surface area contributed by atoms with Crippen LogP contribution in [0.2, 0.25) is 0 Å². The van der Waals surface area contributed by atoms with Crippen molar-refractivity contribution in [3.8, 4) is 0 Å². The van der Waals surface area contributed by atoms with Crippen molar-refractivity contribution in [3.05, 3.63) is 63.5 Å². The van der Waals surface area contributed by atoms with Crippen LogP contribution in [0.15, 0.2) is 51.6 Å². The summed E-state index contributed by atoms with van der Waals surface area (Å²) in [6.07, 6.45) is 1.81. The molecule has 0 atom stereocenters. The van der Waals surface area contributed by atoms with Crippen LogP contribution in [0.5, 0.6) is 0 Å². The molecule has 19 heavy (non-hydrogen) atoms. The van der Waals surface area contributed by atoms with Crippen LogP contribution in [-0.4, -0.2) is 13.4 Å². The summed E-state index contributed by atoms with van der Waals surface area (Å²) in [5, 5.41) is 1.20. The molecule has 2 aromatic rings. The molecule has 9 nitrogen and oxygen atoms in total. The third kappa shape index (κ3) is 4.92. The molecule has 0 aliphatic carbocycles. The number of benzene rings is 1. The Morgan fingerprint density at radius 3 is 2.16 bits per heavy atom. The number of azide groups is 1. The first-order valence-corrected chi connectivity index (χ1v) is 6.16. The summed E-state index contributed by atoms with van der Waals surface area (Å²) in [5.41, 5.74) is 16.1. The lowest BCUT2D eigenvalue weighted by atomic mass is 10.2. The molecule has 0 unspecified atom stereocenters. The number of hydrogen-bond acceptors (Lipinski definition) is 3. The number of fused-ring (bicyclic) bond motifs is 1. The summed E-state index contributed by atoms with van der Waals surface area (Å²) in [6, 6.07) is 12.1. The fraction of sp³-hybridized carbons (Fsp3) is 0. The minimum absolute atomic E-state index is 1.06. The maximum Gasteiger partial charge on any atom is 0.321 e. The van der Waals surface area contributed by atoms with Gasteiger partial charge in [-0.2, -0.15) is 0 Å². The van der Waals surface area contributed by atoms with E-state index < -0.39 is 10.2 Å². The van der Waals surface area contributed by atoms with Gasteiger partial charge < -0.3 is 0 Å². The average molecular weight is 277 g/mol. The van der Waals surface area contributed by atoms with Gasteiger partial charge in [-0.3, -0.25) is 4.98 Å². The zero-order valence-electron chi connectivity index (χ0n) is 9.40. The average Bonchev–Trinajstić information content (AvgIpc) is 2.39. The fourth-order valence-corrected chi connectivity index (χ4v) is 1.34. The highest BCUT2D eigenvalue weighted by Gasteiger charge is 1.99. The van der Waals surface area contributed by atoms with Gasteiger partial charge in [0.2, 0.25) is 0 Å². The predicted octanol–water partition coefficient (Wildman–Crippen LogP) is 3.09. The highest BCUT2D eigenvalue weighted by Crippen LogP contribution is 2.07. The van der Waals surface area contributed by atoms with Crippen molar-refractivity contribution in [1.82, 2.24) is 4.98 Å². The third-order valence-corrected chi connectivity index (χ3v) is 2.35. The Morgan fingerprint density at radius 1 is 1.00 bits per heavy atom. The molecule has 96 valence electrons. The second kappa shape index (κ2) is 6.82. The lowest BCUT2D eigenvalue weighted by molar-refractivity contribution is 0.599. The third-order valence-electron chi connectivity index (χ3n) is 1.79. The second-order valence-corrected chi connectivity index (χ2v) is 4.21. The lowest BCUT2D eigenvalue weighted by Gasteiger charge is -1.91. The summed E-state index contributed by atoms with van der Waals surface area (Å²) < 4.78 is 24.3. The predicted molar refractivity (Wildman–Crippen MR) is 69.0 cm³/mol. The van der Waals surface area contributed by atoms with Crippen LogP contribution in [0.1, 0.15) is 0 Å². The molecule has 1 aromatic heterocycles. The first kappa shape index (κ1) is 14.3. The van der Waals surface area contributed by atoms with Gasteiger partial charge in [-0.25, -0.2) is 8.42 Å². The van der Waals surface area contributed by atoms with Crippen LogP contribution < -0.4 is 0 Å². The number of rotatable bonds is 2. The van der Waals surface area contributed by atoms with Crippen molar-refractivity contribution in [1.29, 1.82) is 0 Å². The summed E-state index contributed by atoms with van der Waals surface area (Å²) in [6.45, 7) is 0. The quantitative estimate of drug-likeness (QED) is 0.472. The van der Waals surface area contributed by atoms with E-state index >= 15 is 0 Å². The van der Waals surface area contributed by atoms with Gasteiger partial charge in [0.15, 0.2) is 0 Å². The maximum atomic E-state index is 9.99. The van der Waals surface area contributed by atoms with Gasteiger partial charge in [-0.1, -0.05) is 24.3 Å². The van der Waals surface area contributed by atoms with Gasteiger partial charge in [0.1, 0.15) is 0 Å². The monoisotopic (exact) mass is 277 g/mol. The molecule has 0 fully saturated rings. The van der Waals surface area contributed by atoms with Gasteiger partial charge in [0, 0.05) is 30.4 Å². The van der Waals surface area contributed by atoms with Gasteiger partial charge >= 0.3 is 10.2 Å². The molecule has 1 heterocycles. The topological polar surface area (TPSA) is 145 Å². The van der Waals surface area contributed by atoms with Crippen LogP contribution in [0, 0.1) is 0 Å². The molecule has 0 bridgehead atoms. The van der Waals surface area contributed by atoms with E-state index in [1.54, 1.807) is 0 Å². The molecule has 0 aliphatic heterocycles. The summed E-state index contributed by atoms with van der Waals surface area (Å²) in [7, 11) is -4.27. The molecule has 2 rings (SSSR count). The highest BCUT2D eigenvalue weighted by molar-refractivity contribution is 7.88. The lowest BCUT2D eigenvalue weighted by Crippen LogP contribution is -1.82. The van der Waals surface area contributed by atoms with Gasteiger partial charge in [-0.05, 0) is 23.2 Å². The van der Waals surface area contributed by atoms with Gasteiger partial charge in [0.25, 0.3) is 0 Å². The second-order valence-electron chi connectivity index (χ2n) is 2.99. The Kier molecular flexibility index (Phi) is 5.12. The Labute approximate surface area is 108 Å². The largest absolute Gasteiger partial charge is 0.321 e. The SMILES string of the molecule is [N-]=[N+]=NS(=O)(=O)N=[N+]=[N-].c1ccc2ncccc2c1. The van der Waals surface area contributed by atoms with E-state index in [0.29, 0.717) is 0 Å². The van der Waals surface area contributed by atoms with Crippen molar-refractivity contribution in [2.75, 3.05) is 0 Å². The fourth-order valence-electron chi connectivity index (χ4n) is 1.12. The van der Waals surface area contributed by atoms with E-state index in [1.807, 2.05) is 40.3 Å². The molecule has 10 heteroatoms. The van der Waals surface area contributed by atoms with Crippen LogP contribution in [0.25, 0.3) is 31.8 Å². The van der Waals surface area contributed by atoms with E-state index in [1.165, 1.54) is 5.39 Å². The van der Waals surface area contributed by atoms with Crippen molar-refractivity contribution < 1.29 is 8.42 Å². The van der Waals surface area contributed by atoms with Crippen molar-refractivity contribution in [3.63, 3.8) is 0 Å². The summed E-state index contributed by atoms with van der Waals surface area (Å²) in [5.74, 6) is 0. The molecule has 0 aliphatic rings. The number of para-hydroxylation sites is 1. The zero-order valence-corrected chi connectivity index (χ0v) is 10.2. The molecule has 0 saturated heterocycles. The maximum absolute atomic E-state index is 9.99. The Balaban J connectivity index is 0.000000192. The van der Waals surface area contributed by atoms with Crippen molar-refractivity contribution in [2.24, 2.45) is 9.04 Å². The number of pyridine rings is 1. The van der Waals surface area contributed by atoms with Crippen LogP contribution in [0.3, 0.4) is 0 Å². The molecule has 0 radical (unpaired) electrons. The minimum atomic E-state index is -4.27. The number of hydrogen-bond donors (Lipinski definition) is 0. The molecule has 0 N–H and O–H groups in total. The first-order valence-electron chi connectivity index (χ1n) is 4.76. The molecule has 0 amide bonds. The highest BCUT2D eigenvalue weighted by atomic mass is 32.2. The zero-order chi connectivity index (χ0) is 14.1. The Hall–Kier alpha value is -2.80. The summed E-state index contributed by atoms with van der Waals surface area (Å²) in [4.78, 5) is 7.98. The molecular weight excluding hydrogens is 270 g/mol.